The third-order valence-electron chi connectivity index (χ3n) is 3.54. The van der Waals surface area contributed by atoms with Crippen LogP contribution in [0.15, 0.2) is 0 Å². The fraction of sp³-hybridized carbons (Fsp3) is 1.00. The lowest BCUT2D eigenvalue weighted by Crippen LogP contribution is -2.41. The Hall–Kier alpha value is 0.270. The van der Waals surface area contributed by atoms with Gasteiger partial charge in [-0.2, -0.15) is 11.8 Å². The Morgan fingerprint density at radius 1 is 1.27 bits per heavy atom. The Labute approximate surface area is 98.2 Å². The van der Waals surface area contributed by atoms with Gasteiger partial charge in [-0.05, 0) is 49.7 Å². The molecule has 0 bridgehead atoms. The van der Waals surface area contributed by atoms with Crippen LogP contribution < -0.4 is 5.32 Å². The molecule has 90 valence electrons. The van der Waals surface area contributed by atoms with Crippen molar-refractivity contribution in [1.82, 2.24) is 5.32 Å². The van der Waals surface area contributed by atoms with Gasteiger partial charge in [-0.3, -0.25) is 0 Å². The summed E-state index contributed by atoms with van der Waals surface area (Å²) in [4.78, 5) is 0. The minimum absolute atomic E-state index is 0.483. The lowest BCUT2D eigenvalue weighted by atomic mass is 9.96. The minimum atomic E-state index is -0.483. The highest BCUT2D eigenvalue weighted by molar-refractivity contribution is 7.99. The number of thioether (sulfide) groups is 1. The average Bonchev–Trinajstić information content (AvgIpc) is 2.30. The summed E-state index contributed by atoms with van der Waals surface area (Å²) in [6.45, 7) is 5.96. The Kier molecular flexibility index (Phi) is 6.02. The van der Waals surface area contributed by atoms with Gasteiger partial charge in [-0.15, -0.1) is 0 Å². The maximum atomic E-state index is 10.1. The third kappa shape index (κ3) is 4.75. The quantitative estimate of drug-likeness (QED) is 0.735. The first-order valence-electron chi connectivity index (χ1n) is 6.21. The van der Waals surface area contributed by atoms with Gasteiger partial charge in [-0.1, -0.05) is 13.8 Å². The van der Waals surface area contributed by atoms with Crippen molar-refractivity contribution >= 4 is 11.8 Å². The number of aliphatic hydroxyl groups is 1. The van der Waals surface area contributed by atoms with E-state index in [1.54, 1.807) is 0 Å². The molecule has 0 aliphatic carbocycles. The molecule has 2 N–H and O–H groups in total. The van der Waals surface area contributed by atoms with Crippen molar-refractivity contribution in [3.8, 4) is 0 Å². The zero-order valence-electron chi connectivity index (χ0n) is 10.1. The van der Waals surface area contributed by atoms with E-state index in [-0.39, 0.29) is 0 Å². The van der Waals surface area contributed by atoms with Gasteiger partial charge in [0, 0.05) is 6.54 Å². The van der Waals surface area contributed by atoms with E-state index in [1.165, 1.54) is 24.3 Å². The van der Waals surface area contributed by atoms with Crippen molar-refractivity contribution in [3.63, 3.8) is 0 Å². The van der Waals surface area contributed by atoms with E-state index in [0.717, 1.165) is 31.8 Å². The molecule has 0 spiro atoms. The van der Waals surface area contributed by atoms with Gasteiger partial charge < -0.3 is 10.4 Å². The second kappa shape index (κ2) is 6.77. The van der Waals surface area contributed by atoms with Crippen LogP contribution in [0.3, 0.4) is 0 Å². The summed E-state index contributed by atoms with van der Waals surface area (Å²) in [5, 5.41) is 13.5. The van der Waals surface area contributed by atoms with E-state index in [2.05, 4.69) is 30.9 Å². The second-order valence-corrected chi connectivity index (χ2v) is 5.84. The first-order valence-corrected chi connectivity index (χ1v) is 7.36. The number of hydrogen-bond acceptors (Lipinski definition) is 3. The fourth-order valence-electron chi connectivity index (χ4n) is 1.96. The van der Waals surface area contributed by atoms with Gasteiger partial charge in [0.1, 0.15) is 0 Å². The van der Waals surface area contributed by atoms with Crippen molar-refractivity contribution in [2.24, 2.45) is 5.92 Å². The summed E-state index contributed by atoms with van der Waals surface area (Å²) in [5.41, 5.74) is -0.483. The number of nitrogens with one attached hydrogen (secondary N) is 1. The molecule has 15 heavy (non-hydrogen) atoms. The van der Waals surface area contributed by atoms with Crippen LogP contribution in [-0.4, -0.2) is 35.3 Å². The first-order chi connectivity index (χ1) is 7.20. The molecule has 1 aliphatic rings. The monoisotopic (exact) mass is 231 g/mol. The summed E-state index contributed by atoms with van der Waals surface area (Å²) in [6.07, 6.45) is 4.37. The van der Waals surface area contributed by atoms with Gasteiger partial charge in [0.2, 0.25) is 0 Å². The predicted octanol–water partition coefficient (Wildman–Crippen LogP) is 2.27. The first kappa shape index (κ1) is 13.3. The summed E-state index contributed by atoms with van der Waals surface area (Å²) in [5.74, 6) is 3.47. The summed E-state index contributed by atoms with van der Waals surface area (Å²) >= 11 is 2.07. The lowest BCUT2D eigenvalue weighted by Gasteiger charge is -2.28. The van der Waals surface area contributed by atoms with Gasteiger partial charge >= 0.3 is 0 Å². The molecule has 0 saturated carbocycles. The maximum absolute atomic E-state index is 10.1. The van der Waals surface area contributed by atoms with E-state index in [4.69, 9.17) is 0 Å². The van der Waals surface area contributed by atoms with Crippen LogP contribution in [0.25, 0.3) is 0 Å². The Morgan fingerprint density at radius 2 is 1.87 bits per heavy atom. The van der Waals surface area contributed by atoms with Crippen molar-refractivity contribution in [2.75, 3.05) is 24.6 Å². The van der Waals surface area contributed by atoms with Gasteiger partial charge in [-0.25, -0.2) is 0 Å². The van der Waals surface area contributed by atoms with Gasteiger partial charge in [0.15, 0.2) is 0 Å². The zero-order chi connectivity index (χ0) is 11.1. The highest BCUT2D eigenvalue weighted by Gasteiger charge is 2.22. The third-order valence-corrected chi connectivity index (χ3v) is 4.59. The highest BCUT2D eigenvalue weighted by Crippen LogP contribution is 2.22. The molecule has 0 aromatic heterocycles. The summed E-state index contributed by atoms with van der Waals surface area (Å²) < 4.78 is 0. The normalized spacial score (nSPS) is 19.4. The number of hydrogen-bond donors (Lipinski definition) is 2. The van der Waals surface area contributed by atoms with Crippen LogP contribution >= 0.6 is 11.8 Å². The largest absolute Gasteiger partial charge is 0.389 e. The highest BCUT2D eigenvalue weighted by atomic mass is 32.2. The van der Waals surface area contributed by atoms with E-state index in [1.807, 2.05) is 0 Å². The Bertz CT molecular complexity index is 165. The van der Waals surface area contributed by atoms with Crippen LogP contribution in [0.2, 0.25) is 0 Å². The molecule has 0 aromatic rings. The molecule has 0 amide bonds. The molecule has 0 unspecified atom stereocenters. The molecule has 0 radical (unpaired) electrons. The van der Waals surface area contributed by atoms with Crippen LogP contribution in [0.5, 0.6) is 0 Å². The lowest BCUT2D eigenvalue weighted by molar-refractivity contribution is 0.0317. The van der Waals surface area contributed by atoms with Crippen molar-refractivity contribution in [1.29, 1.82) is 0 Å². The summed E-state index contributed by atoms with van der Waals surface area (Å²) in [6, 6.07) is 0. The van der Waals surface area contributed by atoms with Crippen molar-refractivity contribution in [2.45, 2.75) is 45.1 Å². The van der Waals surface area contributed by atoms with E-state index < -0.39 is 5.60 Å². The molecule has 2 nitrogen and oxygen atoms in total. The van der Waals surface area contributed by atoms with Crippen LogP contribution in [-0.2, 0) is 0 Å². The summed E-state index contributed by atoms with van der Waals surface area (Å²) in [7, 11) is 0. The smallest absolute Gasteiger partial charge is 0.0766 e. The molecular weight excluding hydrogens is 206 g/mol. The standard InChI is InChI=1S/C12H25NOS/c1-3-12(14,4-2)10-13-9-11-5-7-15-8-6-11/h11,13-14H,3-10H2,1-2H3. The minimum Gasteiger partial charge on any atom is -0.389 e. The molecule has 0 aromatic carbocycles. The molecule has 1 rings (SSSR count). The second-order valence-electron chi connectivity index (χ2n) is 4.62. The van der Waals surface area contributed by atoms with Crippen LogP contribution in [0, 0.1) is 5.92 Å². The van der Waals surface area contributed by atoms with E-state index in [9.17, 15) is 5.11 Å². The SMILES string of the molecule is CCC(O)(CC)CNCC1CCSCC1. The van der Waals surface area contributed by atoms with Crippen molar-refractivity contribution < 1.29 is 5.11 Å². The maximum Gasteiger partial charge on any atom is 0.0766 e. The molecule has 0 atom stereocenters. The Morgan fingerprint density at radius 3 is 2.40 bits per heavy atom. The van der Waals surface area contributed by atoms with E-state index in [0.29, 0.717) is 0 Å². The zero-order valence-corrected chi connectivity index (χ0v) is 10.9. The van der Waals surface area contributed by atoms with Crippen LogP contribution in [0.4, 0.5) is 0 Å². The molecule has 1 aliphatic heterocycles. The molecular formula is C12H25NOS. The number of rotatable bonds is 6. The average molecular weight is 231 g/mol. The predicted molar refractivity (Wildman–Crippen MR) is 68.5 cm³/mol. The molecule has 1 saturated heterocycles. The van der Waals surface area contributed by atoms with Crippen molar-refractivity contribution in [3.05, 3.63) is 0 Å². The molecule has 1 fully saturated rings. The fourth-order valence-corrected chi connectivity index (χ4v) is 3.16. The molecule has 3 heteroatoms. The topological polar surface area (TPSA) is 32.3 Å². The van der Waals surface area contributed by atoms with Crippen LogP contribution in [0.1, 0.15) is 39.5 Å². The molecule has 1 heterocycles. The van der Waals surface area contributed by atoms with E-state index >= 15 is 0 Å². The Balaban J connectivity index is 2.14. The van der Waals surface area contributed by atoms with Gasteiger partial charge in [0.05, 0.1) is 5.60 Å². The van der Waals surface area contributed by atoms with Gasteiger partial charge in [0.25, 0.3) is 0 Å².